The van der Waals surface area contributed by atoms with Crippen LogP contribution in [0.1, 0.15) is 29.8 Å². The molecule has 10 heteroatoms. The van der Waals surface area contributed by atoms with Crippen molar-refractivity contribution in [1.82, 2.24) is 25.1 Å². The highest BCUT2D eigenvalue weighted by Crippen LogP contribution is 2.59. The lowest BCUT2D eigenvalue weighted by Gasteiger charge is -2.32. The van der Waals surface area contributed by atoms with Crippen LogP contribution in [0.25, 0.3) is 11.0 Å². The lowest BCUT2D eigenvalue weighted by atomic mass is 9.90. The summed E-state index contributed by atoms with van der Waals surface area (Å²) in [6.07, 6.45) is 2.29. The number of hydrogen-bond acceptors (Lipinski definition) is 4. The summed E-state index contributed by atoms with van der Waals surface area (Å²) in [7, 11) is 0. The molecule has 1 saturated heterocycles. The largest absolute Gasteiger partial charge is 0.337 e. The van der Waals surface area contributed by atoms with Gasteiger partial charge >= 0.3 is 5.69 Å². The Morgan fingerprint density at radius 1 is 1.10 bits per heavy atom. The number of fused-ring (bicyclic) bond motifs is 1. The van der Waals surface area contributed by atoms with Crippen LogP contribution >= 0.6 is 0 Å². The molecule has 3 heterocycles. The van der Waals surface area contributed by atoms with Crippen molar-refractivity contribution in [2.45, 2.75) is 19.3 Å². The number of imidazole rings is 1. The van der Waals surface area contributed by atoms with Crippen LogP contribution in [-0.4, -0.2) is 50.0 Å². The molecular formula is C19H20N6O4. The van der Waals surface area contributed by atoms with E-state index in [-0.39, 0.29) is 40.1 Å². The molecule has 5 N–H and O–H groups in total. The van der Waals surface area contributed by atoms with Crippen LogP contribution in [0, 0.1) is 11.3 Å². The van der Waals surface area contributed by atoms with Crippen molar-refractivity contribution in [3.63, 3.8) is 0 Å². The number of rotatable bonds is 3. The van der Waals surface area contributed by atoms with Gasteiger partial charge in [-0.2, -0.15) is 0 Å². The molecule has 1 aromatic carbocycles. The Balaban J connectivity index is 1.24. The number of H-pyrrole nitrogens is 4. The zero-order valence-electron chi connectivity index (χ0n) is 15.5. The number of para-hydroxylation sites is 1. The summed E-state index contributed by atoms with van der Waals surface area (Å²) in [6, 6.07) is 6.57. The van der Waals surface area contributed by atoms with Gasteiger partial charge in [0.15, 0.2) is 0 Å². The van der Waals surface area contributed by atoms with Crippen LogP contribution in [0.3, 0.4) is 0 Å². The maximum atomic E-state index is 12.8. The van der Waals surface area contributed by atoms with Gasteiger partial charge in [0.1, 0.15) is 5.69 Å². The topological polar surface area (TPSA) is 147 Å². The first-order valence-corrected chi connectivity index (χ1v) is 9.54. The first-order valence-electron chi connectivity index (χ1n) is 9.54. The van der Waals surface area contributed by atoms with Crippen molar-refractivity contribution in [2.75, 3.05) is 18.4 Å². The van der Waals surface area contributed by atoms with E-state index in [4.69, 9.17) is 0 Å². The second kappa shape index (κ2) is 6.23. The summed E-state index contributed by atoms with van der Waals surface area (Å²) in [5.74, 6) is -0.370. The molecule has 1 unspecified atom stereocenters. The minimum Gasteiger partial charge on any atom is -0.337 e. The highest BCUT2D eigenvalue weighted by atomic mass is 16.2. The summed E-state index contributed by atoms with van der Waals surface area (Å²) in [5.41, 5.74) is 1.34. The van der Waals surface area contributed by atoms with E-state index in [1.807, 2.05) is 0 Å². The monoisotopic (exact) mass is 396 g/mol. The van der Waals surface area contributed by atoms with Gasteiger partial charge < -0.3 is 20.2 Å². The summed E-state index contributed by atoms with van der Waals surface area (Å²) in [4.78, 5) is 55.1. The number of aromatic amines is 4. The molecule has 1 aliphatic carbocycles. The lowest BCUT2D eigenvalue weighted by Crippen LogP contribution is -2.40. The molecule has 2 amide bonds. The maximum Gasteiger partial charge on any atom is 0.323 e. The van der Waals surface area contributed by atoms with Gasteiger partial charge in [-0.15, -0.1) is 0 Å². The Hall–Kier alpha value is -3.56. The van der Waals surface area contributed by atoms with Crippen molar-refractivity contribution in [2.24, 2.45) is 11.3 Å². The standard InChI is InChI=1S/C19H20N6O4/c26-14-8-13(23-24-14)17(28)25-6-4-19(5-7-25)9-10(19)16(27)20-11-2-1-3-12-15(11)22-18(29)21-12/h1-3,8,10H,4-7,9H2,(H,20,27)(H2,21,22,29)(H2,23,24,26). The molecular weight excluding hydrogens is 376 g/mol. The molecule has 10 nitrogen and oxygen atoms in total. The number of benzene rings is 1. The number of aromatic nitrogens is 4. The normalized spacial score (nSPS) is 20.1. The number of carbonyl (C=O) groups excluding carboxylic acids is 2. The van der Waals surface area contributed by atoms with Gasteiger partial charge in [-0.25, -0.2) is 4.79 Å². The Kier molecular flexibility index (Phi) is 3.76. The van der Waals surface area contributed by atoms with E-state index in [0.717, 1.165) is 19.3 Å². The van der Waals surface area contributed by atoms with Gasteiger partial charge in [0, 0.05) is 25.1 Å². The minimum absolute atomic E-state index is 0.0608. The number of amides is 2. The second-order valence-electron chi connectivity index (χ2n) is 7.88. The fraction of sp³-hybridized carbons (Fsp3) is 0.368. The Morgan fingerprint density at radius 3 is 2.62 bits per heavy atom. The number of nitrogens with zero attached hydrogens (tertiary/aromatic N) is 1. The molecule has 5 rings (SSSR count). The van der Waals surface area contributed by atoms with Gasteiger partial charge in [0.2, 0.25) is 5.91 Å². The molecule has 1 aliphatic heterocycles. The van der Waals surface area contributed by atoms with Crippen molar-refractivity contribution in [1.29, 1.82) is 0 Å². The van der Waals surface area contributed by atoms with E-state index in [1.54, 1.807) is 23.1 Å². The van der Waals surface area contributed by atoms with Gasteiger partial charge in [-0.1, -0.05) is 6.07 Å². The quantitative estimate of drug-likeness (QED) is 0.444. The number of piperidine rings is 1. The maximum absolute atomic E-state index is 12.8. The van der Waals surface area contributed by atoms with Crippen LogP contribution in [-0.2, 0) is 4.79 Å². The van der Waals surface area contributed by atoms with E-state index in [0.29, 0.717) is 29.8 Å². The van der Waals surface area contributed by atoms with Crippen LogP contribution in [0.2, 0.25) is 0 Å². The fourth-order valence-corrected chi connectivity index (χ4v) is 4.43. The number of nitrogens with one attached hydrogen (secondary N) is 5. The molecule has 0 radical (unpaired) electrons. The van der Waals surface area contributed by atoms with Crippen LogP contribution in [0.5, 0.6) is 0 Å². The molecule has 1 saturated carbocycles. The van der Waals surface area contributed by atoms with Crippen LogP contribution < -0.4 is 16.6 Å². The highest BCUT2D eigenvalue weighted by Gasteiger charge is 2.58. The first-order chi connectivity index (χ1) is 13.9. The molecule has 150 valence electrons. The zero-order chi connectivity index (χ0) is 20.2. The molecule has 1 atom stereocenters. The Bertz CT molecular complexity index is 1220. The minimum atomic E-state index is -0.334. The predicted molar refractivity (Wildman–Crippen MR) is 105 cm³/mol. The first kappa shape index (κ1) is 17.5. The molecule has 2 aliphatic rings. The van der Waals surface area contributed by atoms with Gasteiger partial charge in [0.05, 0.1) is 16.7 Å². The SMILES string of the molecule is O=C(Nc1cccc2[nH]c(=O)[nH]c12)C1CC12CCN(C(=O)c1cc(=O)[nH][nH]1)CC2. The smallest absolute Gasteiger partial charge is 0.323 e. The fourth-order valence-electron chi connectivity index (χ4n) is 4.43. The number of carbonyl (C=O) groups is 2. The molecule has 29 heavy (non-hydrogen) atoms. The van der Waals surface area contributed by atoms with Crippen molar-refractivity contribution < 1.29 is 9.59 Å². The van der Waals surface area contributed by atoms with Crippen molar-refractivity contribution in [3.05, 3.63) is 50.8 Å². The Morgan fingerprint density at radius 2 is 1.90 bits per heavy atom. The lowest BCUT2D eigenvalue weighted by molar-refractivity contribution is -0.118. The second-order valence-corrected chi connectivity index (χ2v) is 7.88. The van der Waals surface area contributed by atoms with Crippen molar-refractivity contribution >= 4 is 28.5 Å². The van der Waals surface area contributed by atoms with E-state index in [9.17, 15) is 19.2 Å². The molecule has 2 aromatic heterocycles. The predicted octanol–water partition coefficient (Wildman–Crippen LogP) is 0.754. The number of anilines is 1. The third kappa shape index (κ3) is 2.96. The summed E-state index contributed by atoms with van der Waals surface area (Å²) >= 11 is 0. The van der Waals surface area contributed by atoms with Crippen LogP contribution in [0.4, 0.5) is 5.69 Å². The highest BCUT2D eigenvalue weighted by molar-refractivity contribution is 6.01. The molecule has 0 bridgehead atoms. The Labute approximate surface area is 163 Å². The third-order valence-electron chi connectivity index (χ3n) is 6.19. The number of hydrogen-bond donors (Lipinski definition) is 5. The molecule has 3 aromatic rings. The van der Waals surface area contributed by atoms with Crippen LogP contribution in [0.15, 0.2) is 33.9 Å². The van der Waals surface area contributed by atoms with E-state index in [1.165, 1.54) is 6.07 Å². The summed E-state index contributed by atoms with van der Waals surface area (Å²) in [6.45, 7) is 1.10. The van der Waals surface area contributed by atoms with Crippen molar-refractivity contribution in [3.8, 4) is 0 Å². The summed E-state index contributed by atoms with van der Waals surface area (Å²) < 4.78 is 0. The van der Waals surface area contributed by atoms with E-state index >= 15 is 0 Å². The summed E-state index contributed by atoms with van der Waals surface area (Å²) in [5, 5.41) is 7.90. The van der Waals surface area contributed by atoms with Gasteiger partial charge in [-0.3, -0.25) is 24.6 Å². The van der Waals surface area contributed by atoms with E-state index < -0.39 is 0 Å². The van der Waals surface area contributed by atoms with E-state index in [2.05, 4.69) is 25.5 Å². The number of likely N-dealkylation sites (tertiary alicyclic amines) is 1. The zero-order valence-corrected chi connectivity index (χ0v) is 15.5. The van der Waals surface area contributed by atoms with Gasteiger partial charge in [0.25, 0.3) is 11.5 Å². The molecule has 2 fully saturated rings. The average Bonchev–Trinajstić information content (AvgIpc) is 3.02. The average molecular weight is 396 g/mol. The third-order valence-corrected chi connectivity index (χ3v) is 6.19. The molecule has 1 spiro atoms. The van der Waals surface area contributed by atoms with Gasteiger partial charge in [-0.05, 0) is 36.8 Å².